The first kappa shape index (κ1) is 23.3. The summed E-state index contributed by atoms with van der Waals surface area (Å²) in [5, 5.41) is -0.317. The molecule has 0 unspecified atom stereocenters. The van der Waals surface area contributed by atoms with E-state index in [9.17, 15) is 17.6 Å². The standard InChI is InChI=1S/C17H9ClF4N2.Cl2O2S/c18-15-13(10-4-2-1-3-5-10)14(11-6-8-12(19)9-7-11)23-16(24-15)17(20,21)22;1-5(2,3)4/h1-9H;. The molecule has 0 saturated heterocycles. The van der Waals surface area contributed by atoms with Gasteiger partial charge in [0.2, 0.25) is 5.82 Å². The Morgan fingerprint density at radius 2 is 1.34 bits per heavy atom. The number of benzene rings is 2. The first-order chi connectivity index (χ1) is 13.4. The summed E-state index contributed by atoms with van der Waals surface area (Å²) in [7, 11) is 4.81. The predicted molar refractivity (Wildman–Crippen MR) is 103 cm³/mol. The largest absolute Gasteiger partial charge is 0.451 e. The molecule has 12 heteroatoms. The van der Waals surface area contributed by atoms with Crippen LogP contribution in [0, 0.1) is 5.82 Å². The molecule has 2 aromatic carbocycles. The minimum absolute atomic E-state index is 0.00600. The maximum atomic E-state index is 13.1. The van der Waals surface area contributed by atoms with Crippen molar-refractivity contribution in [2.45, 2.75) is 6.18 Å². The van der Waals surface area contributed by atoms with Gasteiger partial charge in [-0.2, -0.15) is 21.6 Å². The Balaban J connectivity index is 0.000000537. The second-order valence-corrected chi connectivity index (χ2v) is 9.34. The molecule has 0 radical (unpaired) electrons. The monoisotopic (exact) mass is 486 g/mol. The quantitative estimate of drug-likeness (QED) is 0.241. The fourth-order valence-electron chi connectivity index (χ4n) is 2.24. The van der Waals surface area contributed by atoms with Crippen LogP contribution >= 0.6 is 33.0 Å². The van der Waals surface area contributed by atoms with Crippen molar-refractivity contribution in [2.24, 2.45) is 0 Å². The summed E-state index contributed by atoms with van der Waals surface area (Å²) in [6, 6.07) is 13.6. The van der Waals surface area contributed by atoms with Crippen molar-refractivity contribution >= 4 is 41.2 Å². The molecule has 4 nitrogen and oxygen atoms in total. The van der Waals surface area contributed by atoms with Gasteiger partial charge in [0.15, 0.2) is 0 Å². The SMILES string of the molecule is Fc1ccc(-c2nc(C(F)(F)F)nc(Cl)c2-c2ccccc2)cc1.O=S(=O)(Cl)Cl. The average molecular weight is 488 g/mol. The Bertz CT molecular complexity index is 1090. The van der Waals surface area contributed by atoms with Gasteiger partial charge in [-0.1, -0.05) is 41.9 Å². The second kappa shape index (κ2) is 9.25. The molecule has 0 atom stereocenters. The zero-order valence-corrected chi connectivity index (χ0v) is 17.0. The highest BCUT2D eigenvalue weighted by atomic mass is 36.0. The summed E-state index contributed by atoms with van der Waals surface area (Å²) in [4.78, 5) is 7.02. The number of alkyl halides is 3. The number of aromatic nitrogens is 2. The molecular formula is C17H9Cl3F4N2O2S. The molecule has 3 aromatic rings. The van der Waals surface area contributed by atoms with Crippen molar-refractivity contribution in [3.63, 3.8) is 0 Å². The molecule has 0 fully saturated rings. The van der Waals surface area contributed by atoms with Gasteiger partial charge in [-0.3, -0.25) is 0 Å². The van der Waals surface area contributed by atoms with Crippen LogP contribution < -0.4 is 0 Å². The van der Waals surface area contributed by atoms with E-state index in [0.29, 0.717) is 11.1 Å². The lowest BCUT2D eigenvalue weighted by molar-refractivity contribution is -0.144. The first-order valence-corrected chi connectivity index (χ1v) is 11.0. The third kappa shape index (κ3) is 7.11. The summed E-state index contributed by atoms with van der Waals surface area (Å²) >= 11 is 6.03. The van der Waals surface area contributed by atoms with Gasteiger partial charge in [-0.05, 0) is 29.8 Å². The number of hydrogen-bond donors (Lipinski definition) is 0. The van der Waals surface area contributed by atoms with E-state index < -0.39 is 26.1 Å². The van der Waals surface area contributed by atoms with Crippen LogP contribution in [0.15, 0.2) is 54.6 Å². The average Bonchev–Trinajstić information content (AvgIpc) is 2.60. The third-order valence-corrected chi connectivity index (χ3v) is 3.57. The molecule has 1 aromatic heterocycles. The van der Waals surface area contributed by atoms with E-state index in [1.165, 1.54) is 12.1 Å². The van der Waals surface area contributed by atoms with E-state index in [1.54, 1.807) is 30.3 Å². The summed E-state index contributed by atoms with van der Waals surface area (Å²) in [6.07, 6.45) is -4.74. The molecule has 0 bridgehead atoms. The Morgan fingerprint density at radius 1 is 0.828 bits per heavy atom. The van der Waals surface area contributed by atoms with Gasteiger partial charge in [-0.15, -0.1) is 0 Å². The minimum Gasteiger partial charge on any atom is -0.224 e. The Morgan fingerprint density at radius 3 is 1.83 bits per heavy atom. The maximum Gasteiger partial charge on any atom is 0.451 e. The third-order valence-electron chi connectivity index (χ3n) is 3.30. The van der Waals surface area contributed by atoms with E-state index in [4.69, 9.17) is 20.0 Å². The van der Waals surface area contributed by atoms with E-state index >= 15 is 0 Å². The fourth-order valence-corrected chi connectivity index (χ4v) is 2.52. The normalized spacial score (nSPS) is 11.6. The summed E-state index contributed by atoms with van der Waals surface area (Å²) in [5.41, 5.74) is 1.13. The minimum atomic E-state index is -4.74. The van der Waals surface area contributed by atoms with E-state index in [1.807, 2.05) is 0 Å². The molecule has 29 heavy (non-hydrogen) atoms. The van der Waals surface area contributed by atoms with Crippen LogP contribution in [0.25, 0.3) is 22.4 Å². The van der Waals surface area contributed by atoms with Gasteiger partial charge >= 0.3 is 14.4 Å². The number of hydrogen-bond acceptors (Lipinski definition) is 4. The van der Waals surface area contributed by atoms with Crippen LogP contribution in [0.3, 0.4) is 0 Å². The molecule has 3 rings (SSSR count). The van der Waals surface area contributed by atoms with Crippen molar-refractivity contribution in [1.82, 2.24) is 9.97 Å². The Labute approximate surface area is 177 Å². The van der Waals surface area contributed by atoms with Crippen LogP contribution in [0.1, 0.15) is 5.82 Å². The van der Waals surface area contributed by atoms with Crippen molar-refractivity contribution in [3.05, 3.63) is 71.4 Å². The number of rotatable bonds is 2. The topological polar surface area (TPSA) is 59.9 Å². The van der Waals surface area contributed by atoms with Gasteiger partial charge < -0.3 is 0 Å². The van der Waals surface area contributed by atoms with E-state index in [-0.39, 0.29) is 16.4 Å². The van der Waals surface area contributed by atoms with Gasteiger partial charge in [0, 0.05) is 32.5 Å². The molecule has 0 aliphatic carbocycles. The van der Waals surface area contributed by atoms with Crippen LogP contribution in [0.4, 0.5) is 17.6 Å². The highest BCUT2D eigenvalue weighted by Crippen LogP contribution is 2.38. The van der Waals surface area contributed by atoms with Crippen LogP contribution in [-0.2, 0) is 14.4 Å². The summed E-state index contributed by atoms with van der Waals surface area (Å²) < 4.78 is 70.5. The highest BCUT2D eigenvalue weighted by Gasteiger charge is 2.36. The van der Waals surface area contributed by atoms with Gasteiger partial charge in [0.05, 0.1) is 5.69 Å². The number of nitrogens with zero attached hydrogens (tertiary/aromatic N) is 2. The van der Waals surface area contributed by atoms with E-state index in [0.717, 1.165) is 12.1 Å². The fraction of sp³-hybridized carbons (Fsp3) is 0.0588. The highest BCUT2D eigenvalue weighted by molar-refractivity contribution is 8.31. The van der Waals surface area contributed by atoms with Crippen molar-refractivity contribution in [2.75, 3.05) is 0 Å². The van der Waals surface area contributed by atoms with E-state index in [2.05, 4.69) is 31.3 Å². The molecule has 0 spiro atoms. The molecule has 1 heterocycles. The Kier molecular flexibility index (Phi) is 7.45. The molecule has 154 valence electrons. The zero-order valence-electron chi connectivity index (χ0n) is 14.0. The van der Waals surface area contributed by atoms with Gasteiger partial charge in [0.25, 0.3) is 0 Å². The lowest BCUT2D eigenvalue weighted by Gasteiger charge is -2.14. The van der Waals surface area contributed by atoms with Crippen molar-refractivity contribution in [3.8, 4) is 22.4 Å². The lowest BCUT2D eigenvalue weighted by atomic mass is 10.0. The molecule has 0 saturated carbocycles. The van der Waals surface area contributed by atoms with Gasteiger partial charge in [-0.25, -0.2) is 14.4 Å². The maximum absolute atomic E-state index is 13.1. The van der Waals surface area contributed by atoms with Gasteiger partial charge in [0.1, 0.15) is 11.0 Å². The summed E-state index contributed by atoms with van der Waals surface area (Å²) in [6.45, 7) is 0. The molecule has 0 aliphatic rings. The lowest BCUT2D eigenvalue weighted by Crippen LogP contribution is -2.12. The van der Waals surface area contributed by atoms with Crippen molar-refractivity contribution < 1.29 is 26.0 Å². The first-order valence-electron chi connectivity index (χ1n) is 7.46. The molecule has 0 aliphatic heterocycles. The predicted octanol–water partition coefficient (Wildman–Crippen LogP) is 6.33. The molecule has 0 amide bonds. The van der Waals surface area contributed by atoms with Crippen LogP contribution in [0.5, 0.6) is 0 Å². The number of halogens is 7. The van der Waals surface area contributed by atoms with Crippen molar-refractivity contribution in [1.29, 1.82) is 0 Å². The molecule has 0 N–H and O–H groups in total. The second-order valence-electron chi connectivity index (χ2n) is 5.31. The zero-order chi connectivity index (χ0) is 21.8. The van der Waals surface area contributed by atoms with Crippen LogP contribution in [0.2, 0.25) is 5.15 Å². The van der Waals surface area contributed by atoms with Crippen LogP contribution in [-0.4, -0.2) is 18.4 Å². The Hall–Kier alpha value is -1.94. The summed E-state index contributed by atoms with van der Waals surface area (Å²) in [5.74, 6) is -1.84. The smallest absolute Gasteiger partial charge is 0.224 e. The molecular weight excluding hydrogens is 479 g/mol.